The van der Waals surface area contributed by atoms with Crippen molar-refractivity contribution >= 4 is 0 Å². The van der Waals surface area contributed by atoms with Gasteiger partial charge in [-0.15, -0.1) is 0 Å². The Bertz CT molecular complexity index is 748. The third-order valence-electron chi connectivity index (χ3n) is 3.45. The molecule has 0 spiro atoms. The fourth-order valence-corrected chi connectivity index (χ4v) is 2.21. The molecule has 0 atom stereocenters. The average Bonchev–Trinajstić information content (AvgIpc) is 2.76. The minimum Gasteiger partial charge on any atom is -0.494 e. The molecular weight excluding hydrogens is 296 g/mol. The lowest BCUT2D eigenvalue weighted by Gasteiger charge is -2.20. The monoisotopic (exact) mass is 320 g/mol. The number of ether oxygens (including phenoxy) is 1. The molecule has 0 saturated heterocycles. The average molecular weight is 320 g/mol. The molecule has 2 rings (SSSR count). The summed E-state index contributed by atoms with van der Waals surface area (Å²) in [6.45, 7) is 9.55. The molecule has 0 aliphatic carbocycles. The summed E-state index contributed by atoms with van der Waals surface area (Å²) < 4.78 is 7.68. The molecule has 1 N–H and O–H groups in total. The zero-order chi connectivity index (χ0) is 17.4. The van der Waals surface area contributed by atoms with Gasteiger partial charge in [0.15, 0.2) is 0 Å². The molecule has 0 unspecified atom stereocenters. The Hall–Kier alpha value is -2.15. The molecule has 0 radical (unpaired) electrons. The molecule has 0 aliphatic heterocycles. The molecular formula is C16H24N4O3. The lowest BCUT2D eigenvalue weighted by molar-refractivity contribution is 0.0560. The quantitative estimate of drug-likeness (QED) is 0.923. The van der Waals surface area contributed by atoms with Crippen LogP contribution in [0.25, 0.3) is 5.69 Å². The molecule has 7 nitrogen and oxygen atoms in total. The second-order valence-corrected chi connectivity index (χ2v) is 7.28. The summed E-state index contributed by atoms with van der Waals surface area (Å²) in [4.78, 5) is 12.5. The molecule has 0 aliphatic rings. The van der Waals surface area contributed by atoms with Crippen LogP contribution in [0.2, 0.25) is 0 Å². The first-order valence-electron chi connectivity index (χ1n) is 7.47. The normalized spacial score (nSPS) is 12.5. The number of methoxy groups -OCH3 is 1. The smallest absolute Gasteiger partial charge is 0.368 e. The Labute approximate surface area is 135 Å². The highest BCUT2D eigenvalue weighted by atomic mass is 16.5. The summed E-state index contributed by atoms with van der Waals surface area (Å²) in [6, 6.07) is 5.66. The highest BCUT2D eigenvalue weighted by Gasteiger charge is 2.21. The summed E-state index contributed by atoms with van der Waals surface area (Å²) in [6.07, 6.45) is 0. The number of rotatable bonds is 4. The van der Waals surface area contributed by atoms with Gasteiger partial charge in [-0.2, -0.15) is 9.36 Å². The van der Waals surface area contributed by atoms with E-state index in [-0.39, 0.29) is 12.0 Å². The van der Waals surface area contributed by atoms with Gasteiger partial charge in [-0.25, -0.2) is 4.79 Å². The summed E-state index contributed by atoms with van der Waals surface area (Å²) in [5, 5.41) is 17.6. The van der Waals surface area contributed by atoms with Crippen LogP contribution in [-0.2, 0) is 12.0 Å². The number of aliphatic hydroxyl groups is 1. The minimum absolute atomic E-state index is 0.0626. The first-order valence-corrected chi connectivity index (χ1v) is 7.47. The summed E-state index contributed by atoms with van der Waals surface area (Å²) in [7, 11) is 1.54. The van der Waals surface area contributed by atoms with Gasteiger partial charge in [0.25, 0.3) is 0 Å². The third kappa shape index (κ3) is 3.79. The van der Waals surface area contributed by atoms with E-state index in [1.165, 1.54) is 4.68 Å². The SMILES string of the molecule is COc1ccc(C(C)(C)C)cc1-n1nnn(CC(C)(C)O)c1=O. The van der Waals surface area contributed by atoms with Crippen molar-refractivity contribution in [3.8, 4) is 11.4 Å². The number of nitrogens with zero attached hydrogens (tertiary/aromatic N) is 4. The van der Waals surface area contributed by atoms with Gasteiger partial charge in [0.1, 0.15) is 11.4 Å². The first kappa shape index (κ1) is 17.2. The molecule has 1 aromatic heterocycles. The van der Waals surface area contributed by atoms with Gasteiger partial charge in [-0.3, -0.25) is 0 Å². The maximum Gasteiger partial charge on any atom is 0.368 e. The largest absolute Gasteiger partial charge is 0.494 e. The zero-order valence-corrected chi connectivity index (χ0v) is 14.5. The fraction of sp³-hybridized carbons (Fsp3) is 0.562. The van der Waals surface area contributed by atoms with Gasteiger partial charge in [0, 0.05) is 0 Å². The zero-order valence-electron chi connectivity index (χ0n) is 14.5. The molecule has 2 aromatic rings. The Kier molecular flexibility index (Phi) is 4.34. The molecule has 126 valence electrons. The molecule has 0 bridgehead atoms. The lowest BCUT2D eigenvalue weighted by Crippen LogP contribution is -2.34. The third-order valence-corrected chi connectivity index (χ3v) is 3.45. The van der Waals surface area contributed by atoms with Crippen molar-refractivity contribution < 1.29 is 9.84 Å². The van der Waals surface area contributed by atoms with E-state index in [0.29, 0.717) is 11.4 Å². The van der Waals surface area contributed by atoms with Gasteiger partial charge in [-0.05, 0) is 47.4 Å². The van der Waals surface area contributed by atoms with Crippen LogP contribution in [0.5, 0.6) is 5.75 Å². The van der Waals surface area contributed by atoms with Crippen molar-refractivity contribution in [3.05, 3.63) is 34.2 Å². The van der Waals surface area contributed by atoms with Crippen LogP contribution in [0.1, 0.15) is 40.2 Å². The number of benzene rings is 1. The van der Waals surface area contributed by atoms with E-state index in [9.17, 15) is 9.90 Å². The number of tetrazole rings is 1. The Morgan fingerprint density at radius 1 is 1.17 bits per heavy atom. The van der Waals surface area contributed by atoms with Crippen LogP contribution in [0, 0.1) is 0 Å². The second-order valence-electron chi connectivity index (χ2n) is 7.28. The van der Waals surface area contributed by atoms with Gasteiger partial charge >= 0.3 is 5.69 Å². The van der Waals surface area contributed by atoms with E-state index >= 15 is 0 Å². The van der Waals surface area contributed by atoms with Crippen LogP contribution in [0.4, 0.5) is 0 Å². The molecule has 7 heteroatoms. The molecule has 0 fully saturated rings. The Morgan fingerprint density at radius 2 is 1.83 bits per heavy atom. The van der Waals surface area contributed by atoms with Crippen LogP contribution < -0.4 is 10.4 Å². The predicted octanol–water partition coefficient (Wildman–Crippen LogP) is 1.51. The molecule has 23 heavy (non-hydrogen) atoms. The standard InChI is InChI=1S/C16H24N4O3/c1-15(2,3)11-7-8-13(23-6)12(9-11)20-14(21)19(17-18-20)10-16(4,5)22/h7-9,22H,10H2,1-6H3. The van der Waals surface area contributed by atoms with Crippen molar-refractivity contribution in [1.29, 1.82) is 0 Å². The van der Waals surface area contributed by atoms with E-state index < -0.39 is 11.3 Å². The van der Waals surface area contributed by atoms with Crippen LogP contribution in [0.3, 0.4) is 0 Å². The molecule has 1 heterocycles. The van der Waals surface area contributed by atoms with Gasteiger partial charge in [0.05, 0.1) is 19.3 Å². The second kappa shape index (κ2) is 5.81. The summed E-state index contributed by atoms with van der Waals surface area (Å²) >= 11 is 0. The summed E-state index contributed by atoms with van der Waals surface area (Å²) in [5.74, 6) is 0.537. The highest BCUT2D eigenvalue weighted by Crippen LogP contribution is 2.29. The topological polar surface area (TPSA) is 82.2 Å². The number of hydrogen-bond donors (Lipinski definition) is 1. The maximum atomic E-state index is 12.5. The summed E-state index contributed by atoms with van der Waals surface area (Å²) in [5.41, 5.74) is 0.0380. The predicted molar refractivity (Wildman–Crippen MR) is 87.2 cm³/mol. The van der Waals surface area contributed by atoms with Crippen molar-refractivity contribution in [1.82, 2.24) is 19.8 Å². The molecule has 1 aromatic carbocycles. The van der Waals surface area contributed by atoms with Crippen molar-refractivity contribution in [2.75, 3.05) is 7.11 Å². The van der Waals surface area contributed by atoms with Crippen molar-refractivity contribution in [2.24, 2.45) is 0 Å². The molecule has 0 saturated carbocycles. The van der Waals surface area contributed by atoms with Crippen molar-refractivity contribution in [3.63, 3.8) is 0 Å². The number of hydrogen-bond acceptors (Lipinski definition) is 5. The number of aromatic nitrogens is 4. The first-order chi connectivity index (χ1) is 10.5. The van der Waals surface area contributed by atoms with E-state index in [1.54, 1.807) is 21.0 Å². The van der Waals surface area contributed by atoms with E-state index in [1.807, 2.05) is 18.2 Å². The maximum absolute atomic E-state index is 12.5. The van der Waals surface area contributed by atoms with Gasteiger partial charge in [-0.1, -0.05) is 26.8 Å². The molecule has 0 amide bonds. The van der Waals surface area contributed by atoms with Gasteiger partial charge < -0.3 is 9.84 Å². The van der Waals surface area contributed by atoms with Crippen LogP contribution >= 0.6 is 0 Å². The Morgan fingerprint density at radius 3 is 2.35 bits per heavy atom. The minimum atomic E-state index is -1.05. The van der Waals surface area contributed by atoms with Crippen LogP contribution in [-0.4, -0.2) is 37.6 Å². The van der Waals surface area contributed by atoms with Crippen LogP contribution in [0.15, 0.2) is 23.0 Å². The van der Waals surface area contributed by atoms with E-state index in [0.717, 1.165) is 10.2 Å². The lowest BCUT2D eigenvalue weighted by atomic mass is 9.87. The fourth-order valence-electron chi connectivity index (χ4n) is 2.21. The van der Waals surface area contributed by atoms with E-state index in [4.69, 9.17) is 4.74 Å². The van der Waals surface area contributed by atoms with Crippen molar-refractivity contribution in [2.45, 2.75) is 52.2 Å². The highest BCUT2D eigenvalue weighted by molar-refractivity contribution is 5.49. The Balaban J connectivity index is 2.56. The van der Waals surface area contributed by atoms with E-state index in [2.05, 4.69) is 31.2 Å². The van der Waals surface area contributed by atoms with Gasteiger partial charge in [0.2, 0.25) is 0 Å².